The molecule has 0 heterocycles. The van der Waals surface area contributed by atoms with Crippen LogP contribution in [0.4, 0.5) is 0 Å². The number of aliphatic hydroxyl groups excluding tert-OH is 1. The van der Waals surface area contributed by atoms with Gasteiger partial charge < -0.3 is 9.84 Å². The van der Waals surface area contributed by atoms with Gasteiger partial charge in [-0.25, -0.2) is 0 Å². The van der Waals surface area contributed by atoms with Crippen molar-refractivity contribution in [2.45, 2.75) is 20.0 Å². The van der Waals surface area contributed by atoms with Crippen molar-refractivity contribution in [1.29, 1.82) is 0 Å². The molecule has 1 radical (unpaired) electrons. The van der Waals surface area contributed by atoms with Crippen molar-refractivity contribution in [3.05, 3.63) is 35.4 Å². The summed E-state index contributed by atoms with van der Waals surface area (Å²) in [6, 6.07) is 5.12. The first kappa shape index (κ1) is 10.4. The van der Waals surface area contributed by atoms with Crippen LogP contribution in [0.15, 0.2) is 18.2 Å². The van der Waals surface area contributed by atoms with E-state index >= 15 is 0 Å². The summed E-state index contributed by atoms with van der Waals surface area (Å²) < 4.78 is 5.44. The van der Waals surface area contributed by atoms with Crippen LogP contribution in [0.5, 0.6) is 5.75 Å². The van der Waals surface area contributed by atoms with Crippen molar-refractivity contribution in [2.75, 3.05) is 0 Å². The molecule has 0 bridgehead atoms. The Labute approximate surface area is 83.1 Å². The van der Waals surface area contributed by atoms with Gasteiger partial charge in [-0.1, -0.05) is 11.6 Å². The third-order valence-corrected chi connectivity index (χ3v) is 1.71. The van der Waals surface area contributed by atoms with Crippen LogP contribution in [0.25, 0.3) is 0 Å². The fourth-order valence-electron chi connectivity index (χ4n) is 0.981. The molecule has 0 fully saturated rings. The maximum atomic E-state index is 8.89. The molecular formula is C10H12ClO2. The van der Waals surface area contributed by atoms with E-state index in [2.05, 4.69) is 0 Å². The predicted molar refractivity (Wildman–Crippen MR) is 52.6 cm³/mol. The Kier molecular flexibility index (Phi) is 3.58. The lowest BCUT2D eigenvalue weighted by atomic mass is 10.2. The molecule has 0 aromatic heterocycles. The molecule has 0 spiro atoms. The summed E-state index contributed by atoms with van der Waals surface area (Å²) in [5.41, 5.74) is 0.598. The highest BCUT2D eigenvalue weighted by molar-refractivity contribution is 6.30. The molecule has 71 valence electrons. The van der Waals surface area contributed by atoms with Gasteiger partial charge in [0.2, 0.25) is 0 Å². The van der Waals surface area contributed by atoms with Crippen molar-refractivity contribution < 1.29 is 9.84 Å². The van der Waals surface area contributed by atoms with Crippen LogP contribution in [0.2, 0.25) is 5.02 Å². The highest BCUT2D eigenvalue weighted by Crippen LogP contribution is 2.24. The second kappa shape index (κ2) is 4.49. The fraction of sp³-hybridized carbons (Fsp3) is 0.300. The Morgan fingerprint density at radius 1 is 1.46 bits per heavy atom. The normalized spacial score (nSPS) is 10.5. The molecule has 0 saturated heterocycles. The van der Waals surface area contributed by atoms with Crippen LogP contribution in [-0.4, -0.2) is 11.2 Å². The van der Waals surface area contributed by atoms with Crippen LogP contribution < -0.4 is 4.74 Å². The summed E-state index contributed by atoms with van der Waals surface area (Å²) in [7, 11) is 0. The monoisotopic (exact) mass is 199 g/mol. The van der Waals surface area contributed by atoms with Crippen LogP contribution in [0.1, 0.15) is 19.4 Å². The molecule has 0 amide bonds. The third kappa shape index (κ3) is 2.90. The number of hydrogen-bond acceptors (Lipinski definition) is 2. The Morgan fingerprint density at radius 3 is 2.69 bits per heavy atom. The summed E-state index contributed by atoms with van der Waals surface area (Å²) >= 11 is 5.75. The molecular weight excluding hydrogens is 188 g/mol. The van der Waals surface area contributed by atoms with E-state index < -0.39 is 0 Å². The Morgan fingerprint density at radius 2 is 2.15 bits per heavy atom. The average Bonchev–Trinajstić information content (AvgIpc) is 2.07. The molecule has 1 rings (SSSR count). The molecule has 13 heavy (non-hydrogen) atoms. The largest absolute Gasteiger partial charge is 0.491 e. The van der Waals surface area contributed by atoms with Gasteiger partial charge in [-0.05, 0) is 32.0 Å². The second-order valence-electron chi connectivity index (χ2n) is 2.98. The number of hydrogen-bond donors (Lipinski definition) is 1. The lowest BCUT2D eigenvalue weighted by Gasteiger charge is -2.12. The van der Waals surface area contributed by atoms with Crippen molar-refractivity contribution in [3.63, 3.8) is 0 Å². The maximum Gasteiger partial charge on any atom is 0.125 e. The number of aliphatic hydroxyl groups is 1. The highest BCUT2D eigenvalue weighted by Gasteiger charge is 2.05. The van der Waals surface area contributed by atoms with E-state index in [4.69, 9.17) is 21.4 Å². The quantitative estimate of drug-likeness (QED) is 0.811. The topological polar surface area (TPSA) is 29.5 Å². The summed E-state index contributed by atoms with van der Waals surface area (Å²) in [6.07, 6.45) is 0.0832. The Balaban J connectivity index is 2.92. The minimum absolute atomic E-state index is 0.0832. The predicted octanol–water partition coefficient (Wildman–Crippen LogP) is 3.01. The van der Waals surface area contributed by atoms with E-state index in [0.717, 1.165) is 6.61 Å². The van der Waals surface area contributed by atoms with Gasteiger partial charge in [0.15, 0.2) is 0 Å². The zero-order valence-corrected chi connectivity index (χ0v) is 8.38. The zero-order valence-electron chi connectivity index (χ0n) is 7.62. The number of benzene rings is 1. The second-order valence-corrected chi connectivity index (χ2v) is 3.41. The molecule has 0 aliphatic carbocycles. The molecule has 0 unspecified atom stereocenters. The average molecular weight is 200 g/mol. The van der Waals surface area contributed by atoms with Gasteiger partial charge in [-0.15, -0.1) is 0 Å². The van der Waals surface area contributed by atoms with Crippen LogP contribution in [0.3, 0.4) is 0 Å². The van der Waals surface area contributed by atoms with Crippen LogP contribution >= 0.6 is 11.6 Å². The maximum absolute atomic E-state index is 8.89. The van der Waals surface area contributed by atoms with Gasteiger partial charge in [0.1, 0.15) is 12.4 Å². The van der Waals surface area contributed by atoms with E-state index in [1.165, 1.54) is 0 Å². The van der Waals surface area contributed by atoms with Crippen molar-refractivity contribution >= 4 is 11.6 Å². The van der Waals surface area contributed by atoms with E-state index in [1.807, 2.05) is 13.8 Å². The molecule has 0 aliphatic rings. The molecule has 3 heteroatoms. The van der Waals surface area contributed by atoms with Gasteiger partial charge in [0.25, 0.3) is 0 Å². The van der Waals surface area contributed by atoms with Gasteiger partial charge >= 0.3 is 0 Å². The van der Waals surface area contributed by atoms with Crippen LogP contribution in [0, 0.1) is 6.61 Å². The molecule has 1 N–H and O–H groups in total. The third-order valence-electron chi connectivity index (χ3n) is 1.47. The lowest BCUT2D eigenvalue weighted by molar-refractivity contribution is 0.238. The van der Waals surface area contributed by atoms with E-state index in [9.17, 15) is 0 Å². The molecule has 0 aliphatic heterocycles. The van der Waals surface area contributed by atoms with Gasteiger partial charge in [-0.2, -0.15) is 0 Å². The summed E-state index contributed by atoms with van der Waals surface area (Å²) in [6.45, 7) is 4.84. The molecule has 1 aromatic rings. The Hall–Kier alpha value is -0.730. The molecule has 0 atom stereocenters. The van der Waals surface area contributed by atoms with Crippen LogP contribution in [-0.2, 0) is 0 Å². The van der Waals surface area contributed by atoms with Crippen molar-refractivity contribution in [2.24, 2.45) is 0 Å². The summed E-state index contributed by atoms with van der Waals surface area (Å²) in [5, 5.41) is 9.47. The SMILES string of the molecule is CC(C)Oc1ccc(Cl)cc1[CH]O. The first-order valence-electron chi connectivity index (χ1n) is 4.07. The number of rotatable bonds is 3. The fourth-order valence-corrected chi connectivity index (χ4v) is 1.16. The van der Waals surface area contributed by atoms with E-state index in [-0.39, 0.29) is 6.10 Å². The first-order chi connectivity index (χ1) is 6.13. The zero-order chi connectivity index (χ0) is 9.84. The van der Waals surface area contributed by atoms with Crippen molar-refractivity contribution in [3.8, 4) is 5.75 Å². The first-order valence-corrected chi connectivity index (χ1v) is 4.45. The standard InChI is InChI=1S/C10H12ClO2/c1-7(2)13-10-4-3-9(11)5-8(10)6-12/h3-7,12H,1-2H3. The minimum atomic E-state index is 0.0832. The number of halogens is 1. The highest BCUT2D eigenvalue weighted by atomic mass is 35.5. The summed E-state index contributed by atoms with van der Waals surface area (Å²) in [4.78, 5) is 0. The summed E-state index contributed by atoms with van der Waals surface area (Å²) in [5.74, 6) is 0.641. The van der Waals surface area contributed by atoms with E-state index in [0.29, 0.717) is 16.3 Å². The minimum Gasteiger partial charge on any atom is -0.491 e. The van der Waals surface area contributed by atoms with Gasteiger partial charge in [0.05, 0.1) is 6.10 Å². The van der Waals surface area contributed by atoms with Crippen molar-refractivity contribution in [1.82, 2.24) is 0 Å². The molecule has 0 saturated carbocycles. The van der Waals surface area contributed by atoms with Gasteiger partial charge in [0, 0.05) is 10.6 Å². The lowest BCUT2D eigenvalue weighted by Crippen LogP contribution is -2.07. The number of ether oxygens (including phenoxy) is 1. The van der Waals surface area contributed by atoms with E-state index in [1.54, 1.807) is 18.2 Å². The Bertz CT molecular complexity index is 284. The molecule has 1 aromatic carbocycles. The smallest absolute Gasteiger partial charge is 0.125 e. The van der Waals surface area contributed by atoms with Gasteiger partial charge in [-0.3, -0.25) is 0 Å². The molecule has 2 nitrogen and oxygen atoms in total.